The van der Waals surface area contributed by atoms with E-state index in [1.807, 2.05) is 6.07 Å². The van der Waals surface area contributed by atoms with Crippen LogP contribution < -0.4 is 14.8 Å². The van der Waals surface area contributed by atoms with Crippen LogP contribution in [0.15, 0.2) is 58.6 Å². The lowest BCUT2D eigenvalue weighted by Crippen LogP contribution is -2.14. The highest BCUT2D eigenvalue weighted by Crippen LogP contribution is 2.37. The first-order valence-corrected chi connectivity index (χ1v) is 10.1. The fourth-order valence-electron chi connectivity index (χ4n) is 2.68. The number of halogens is 1. The number of benzene rings is 2. The van der Waals surface area contributed by atoms with Crippen molar-refractivity contribution in [2.45, 2.75) is 23.8 Å². The van der Waals surface area contributed by atoms with Crippen LogP contribution in [0.1, 0.15) is 21.5 Å². The van der Waals surface area contributed by atoms with Crippen molar-refractivity contribution >= 4 is 35.0 Å². The molecule has 29 heavy (non-hydrogen) atoms. The maximum Gasteiger partial charge on any atom is 0.258 e. The summed E-state index contributed by atoms with van der Waals surface area (Å²) in [5.41, 5.74) is 3.34. The number of carbonyl (C=O) groups excluding carboxylic acids is 1. The molecule has 0 fully saturated rings. The van der Waals surface area contributed by atoms with Crippen molar-refractivity contribution in [3.8, 4) is 11.5 Å². The average Bonchev–Trinajstić information content (AvgIpc) is 2.72. The number of ether oxygens (including phenoxy) is 2. The second-order valence-electron chi connectivity index (χ2n) is 6.35. The number of aryl methyl sites for hydroxylation is 2. The molecule has 0 bridgehead atoms. The molecule has 0 saturated heterocycles. The predicted molar refractivity (Wildman–Crippen MR) is 117 cm³/mol. The zero-order valence-electron chi connectivity index (χ0n) is 16.6. The topological polar surface area (TPSA) is 60.5 Å². The van der Waals surface area contributed by atoms with E-state index in [-0.39, 0.29) is 5.91 Å². The highest BCUT2D eigenvalue weighted by molar-refractivity contribution is 7.99. The molecular weight excluding hydrogens is 408 g/mol. The zero-order valence-corrected chi connectivity index (χ0v) is 18.1. The predicted octanol–water partition coefficient (Wildman–Crippen LogP) is 5.77. The first kappa shape index (κ1) is 21.0. The van der Waals surface area contributed by atoms with Gasteiger partial charge in [-0.05, 0) is 49.2 Å². The molecule has 0 aliphatic rings. The minimum atomic E-state index is -0.299. The van der Waals surface area contributed by atoms with Gasteiger partial charge in [-0.1, -0.05) is 29.4 Å². The van der Waals surface area contributed by atoms with Gasteiger partial charge < -0.3 is 14.8 Å². The summed E-state index contributed by atoms with van der Waals surface area (Å²) in [4.78, 5) is 18.4. The normalized spacial score (nSPS) is 10.5. The molecule has 2 aromatic carbocycles. The molecule has 3 aromatic rings. The smallest absolute Gasteiger partial charge is 0.258 e. The molecule has 150 valence electrons. The van der Waals surface area contributed by atoms with Crippen LogP contribution in [0.2, 0.25) is 5.02 Å². The Kier molecular flexibility index (Phi) is 6.67. The van der Waals surface area contributed by atoms with Crippen molar-refractivity contribution in [1.29, 1.82) is 0 Å². The third-order valence-electron chi connectivity index (χ3n) is 4.43. The van der Waals surface area contributed by atoms with Gasteiger partial charge in [0.2, 0.25) is 0 Å². The van der Waals surface area contributed by atoms with E-state index in [0.717, 1.165) is 4.90 Å². The standard InChI is InChI=1S/C22H21ClN2O3S/c1-13-7-8-15(10-14(13)2)29-22-16(6-5-9-24-22)21(26)25-18-12-19(27-3)17(23)11-20(18)28-4/h5-12H,1-4H3,(H,25,26). The molecule has 0 aliphatic carbocycles. The quantitative estimate of drug-likeness (QED) is 0.539. The van der Waals surface area contributed by atoms with Gasteiger partial charge in [-0.25, -0.2) is 4.98 Å². The number of carbonyl (C=O) groups is 1. The number of hydrogen-bond donors (Lipinski definition) is 1. The summed E-state index contributed by atoms with van der Waals surface area (Å²) in [5.74, 6) is 0.585. The highest BCUT2D eigenvalue weighted by Gasteiger charge is 2.17. The maximum absolute atomic E-state index is 13.0. The van der Waals surface area contributed by atoms with Crippen LogP contribution in [-0.4, -0.2) is 25.1 Å². The third-order valence-corrected chi connectivity index (χ3v) is 5.73. The number of amides is 1. The van der Waals surface area contributed by atoms with Gasteiger partial charge in [-0.15, -0.1) is 0 Å². The number of methoxy groups -OCH3 is 2. The second-order valence-corrected chi connectivity index (χ2v) is 7.81. The van der Waals surface area contributed by atoms with E-state index < -0.39 is 0 Å². The summed E-state index contributed by atoms with van der Waals surface area (Å²) in [6, 6.07) is 12.9. The Balaban J connectivity index is 1.90. The molecular formula is C22H21ClN2O3S. The summed E-state index contributed by atoms with van der Waals surface area (Å²) >= 11 is 7.59. The summed E-state index contributed by atoms with van der Waals surface area (Å²) in [6.07, 6.45) is 1.67. The van der Waals surface area contributed by atoms with E-state index >= 15 is 0 Å². The Bertz CT molecular complexity index is 1060. The van der Waals surface area contributed by atoms with Crippen molar-refractivity contribution in [3.63, 3.8) is 0 Å². The molecule has 0 aliphatic heterocycles. The minimum Gasteiger partial charge on any atom is -0.495 e. The van der Waals surface area contributed by atoms with Gasteiger partial charge in [0.1, 0.15) is 16.5 Å². The zero-order chi connectivity index (χ0) is 21.0. The van der Waals surface area contributed by atoms with Gasteiger partial charge in [0.05, 0.1) is 30.5 Å². The number of aromatic nitrogens is 1. The Morgan fingerprint density at radius 2 is 1.79 bits per heavy atom. The first-order chi connectivity index (χ1) is 13.9. The van der Waals surface area contributed by atoms with Crippen LogP contribution in [0.25, 0.3) is 0 Å². The number of hydrogen-bond acceptors (Lipinski definition) is 5. The Labute approximate surface area is 179 Å². The summed E-state index contributed by atoms with van der Waals surface area (Å²) in [6.45, 7) is 4.13. The lowest BCUT2D eigenvalue weighted by atomic mass is 10.1. The molecule has 0 atom stereocenters. The number of nitrogens with zero attached hydrogens (tertiary/aromatic N) is 1. The first-order valence-electron chi connectivity index (χ1n) is 8.86. The fraction of sp³-hybridized carbons (Fsp3) is 0.182. The van der Waals surface area contributed by atoms with Gasteiger partial charge in [0.15, 0.2) is 0 Å². The van der Waals surface area contributed by atoms with Gasteiger partial charge in [0.25, 0.3) is 5.91 Å². The molecule has 3 rings (SSSR count). The Morgan fingerprint density at radius 1 is 1.03 bits per heavy atom. The molecule has 0 radical (unpaired) electrons. The summed E-state index contributed by atoms with van der Waals surface area (Å²) in [5, 5.41) is 3.89. The molecule has 0 spiro atoms. The number of anilines is 1. The molecule has 1 N–H and O–H groups in total. The van der Waals surface area contributed by atoms with Gasteiger partial charge >= 0.3 is 0 Å². The van der Waals surface area contributed by atoms with Crippen LogP contribution in [0.4, 0.5) is 5.69 Å². The largest absolute Gasteiger partial charge is 0.495 e. The number of rotatable bonds is 6. The lowest BCUT2D eigenvalue weighted by Gasteiger charge is -2.14. The van der Waals surface area contributed by atoms with Crippen molar-refractivity contribution < 1.29 is 14.3 Å². The molecule has 0 saturated carbocycles. The number of nitrogens with one attached hydrogen (secondary N) is 1. The highest BCUT2D eigenvalue weighted by atomic mass is 35.5. The molecule has 1 aromatic heterocycles. The van der Waals surface area contributed by atoms with Crippen LogP contribution in [0, 0.1) is 13.8 Å². The minimum absolute atomic E-state index is 0.299. The monoisotopic (exact) mass is 428 g/mol. The third kappa shape index (κ3) is 4.83. The average molecular weight is 429 g/mol. The maximum atomic E-state index is 13.0. The number of pyridine rings is 1. The van der Waals surface area contributed by atoms with E-state index in [0.29, 0.717) is 32.8 Å². The fourth-order valence-corrected chi connectivity index (χ4v) is 3.89. The molecule has 1 heterocycles. The van der Waals surface area contributed by atoms with E-state index in [2.05, 4.69) is 36.3 Å². The summed E-state index contributed by atoms with van der Waals surface area (Å²) < 4.78 is 10.6. The van der Waals surface area contributed by atoms with E-state index in [1.54, 1.807) is 30.5 Å². The van der Waals surface area contributed by atoms with Crippen LogP contribution >= 0.6 is 23.4 Å². The van der Waals surface area contributed by atoms with E-state index in [1.165, 1.54) is 37.1 Å². The van der Waals surface area contributed by atoms with Crippen LogP contribution in [0.3, 0.4) is 0 Å². The van der Waals surface area contributed by atoms with Gasteiger partial charge in [0, 0.05) is 23.2 Å². The van der Waals surface area contributed by atoms with Crippen LogP contribution in [0.5, 0.6) is 11.5 Å². The van der Waals surface area contributed by atoms with Crippen molar-refractivity contribution in [2.24, 2.45) is 0 Å². The van der Waals surface area contributed by atoms with Gasteiger partial charge in [-0.2, -0.15) is 0 Å². The molecule has 0 unspecified atom stereocenters. The Hall–Kier alpha value is -2.70. The lowest BCUT2D eigenvalue weighted by molar-refractivity contribution is 0.102. The van der Waals surface area contributed by atoms with Crippen molar-refractivity contribution in [3.05, 3.63) is 70.4 Å². The van der Waals surface area contributed by atoms with Crippen molar-refractivity contribution in [2.75, 3.05) is 19.5 Å². The van der Waals surface area contributed by atoms with E-state index in [9.17, 15) is 4.79 Å². The summed E-state index contributed by atoms with van der Waals surface area (Å²) in [7, 11) is 3.03. The van der Waals surface area contributed by atoms with E-state index in [4.69, 9.17) is 21.1 Å². The van der Waals surface area contributed by atoms with Crippen LogP contribution in [-0.2, 0) is 0 Å². The SMILES string of the molecule is COc1cc(NC(=O)c2cccnc2Sc2ccc(C)c(C)c2)c(OC)cc1Cl. The molecule has 1 amide bonds. The van der Waals surface area contributed by atoms with Gasteiger partial charge in [-0.3, -0.25) is 4.79 Å². The van der Waals surface area contributed by atoms with Crippen molar-refractivity contribution in [1.82, 2.24) is 4.98 Å². The molecule has 5 nitrogen and oxygen atoms in total. The molecule has 7 heteroatoms. The Morgan fingerprint density at radius 3 is 2.48 bits per heavy atom. The second kappa shape index (κ2) is 9.20.